The SMILES string of the molecule is NC(=O)[C@H]1O[C@@H](c2ccncc2CC(=O)c2ccc(F)c(-c3c(F)cccc3F)n2)C[C@@H](O)[C@@H]1O. The molecule has 4 atom stereocenters. The predicted octanol–water partition coefficient (Wildman–Crippen LogP) is 2.02. The summed E-state index contributed by atoms with van der Waals surface area (Å²) in [5, 5.41) is 20.1. The molecular formula is C24H20F3N3O5. The van der Waals surface area contributed by atoms with Gasteiger partial charge in [-0.1, -0.05) is 6.07 Å². The number of primary amides is 1. The summed E-state index contributed by atoms with van der Waals surface area (Å²) in [5.74, 6) is -4.64. The van der Waals surface area contributed by atoms with Crippen molar-refractivity contribution < 1.29 is 37.7 Å². The highest BCUT2D eigenvalue weighted by molar-refractivity contribution is 5.96. The van der Waals surface area contributed by atoms with Gasteiger partial charge >= 0.3 is 0 Å². The normalized spacial score (nSPS) is 22.1. The maximum absolute atomic E-state index is 14.4. The average Bonchev–Trinajstić information content (AvgIpc) is 2.82. The third kappa shape index (κ3) is 4.92. The molecule has 1 aliphatic rings. The number of carbonyl (C=O) groups is 2. The van der Waals surface area contributed by atoms with Gasteiger partial charge in [-0.25, -0.2) is 18.2 Å². The Balaban J connectivity index is 1.63. The summed E-state index contributed by atoms with van der Waals surface area (Å²) in [6.07, 6.45) is -2.76. The topological polar surface area (TPSA) is 136 Å². The van der Waals surface area contributed by atoms with Crippen molar-refractivity contribution in [2.75, 3.05) is 0 Å². The molecule has 1 aromatic carbocycles. The van der Waals surface area contributed by atoms with Crippen molar-refractivity contribution in [2.24, 2.45) is 5.73 Å². The van der Waals surface area contributed by atoms with Crippen molar-refractivity contribution in [2.45, 2.75) is 37.3 Å². The van der Waals surface area contributed by atoms with Gasteiger partial charge in [0, 0.05) is 25.2 Å². The van der Waals surface area contributed by atoms with Gasteiger partial charge in [0.2, 0.25) is 5.91 Å². The molecule has 1 fully saturated rings. The minimum atomic E-state index is -1.50. The van der Waals surface area contributed by atoms with E-state index in [0.717, 1.165) is 30.3 Å². The van der Waals surface area contributed by atoms with Crippen LogP contribution < -0.4 is 5.73 Å². The van der Waals surface area contributed by atoms with Crippen molar-refractivity contribution in [1.29, 1.82) is 0 Å². The number of ketones is 1. The van der Waals surface area contributed by atoms with Crippen LogP contribution >= 0.6 is 0 Å². The number of rotatable bonds is 6. The minimum absolute atomic E-state index is 0.0817. The second-order valence-electron chi connectivity index (χ2n) is 8.04. The molecule has 11 heteroatoms. The molecule has 2 aromatic heterocycles. The Hall–Kier alpha value is -3.67. The quantitative estimate of drug-likeness (QED) is 0.453. The molecule has 0 radical (unpaired) electrons. The van der Waals surface area contributed by atoms with Crippen LogP contribution in [0.4, 0.5) is 13.2 Å². The Morgan fingerprint density at radius 3 is 2.46 bits per heavy atom. The zero-order valence-electron chi connectivity index (χ0n) is 18.1. The summed E-state index contributed by atoms with van der Waals surface area (Å²) in [4.78, 5) is 32.5. The molecule has 8 nitrogen and oxygen atoms in total. The molecule has 0 spiro atoms. The van der Waals surface area contributed by atoms with E-state index in [2.05, 4.69) is 9.97 Å². The van der Waals surface area contributed by atoms with Crippen LogP contribution in [0, 0.1) is 17.5 Å². The van der Waals surface area contributed by atoms with Crippen LogP contribution in [0.3, 0.4) is 0 Å². The molecule has 4 N–H and O–H groups in total. The van der Waals surface area contributed by atoms with Crippen LogP contribution in [0.25, 0.3) is 11.3 Å². The van der Waals surface area contributed by atoms with E-state index in [1.54, 1.807) is 0 Å². The van der Waals surface area contributed by atoms with E-state index in [1.165, 1.54) is 18.5 Å². The van der Waals surface area contributed by atoms with Gasteiger partial charge in [0.15, 0.2) is 11.9 Å². The first-order chi connectivity index (χ1) is 16.7. The van der Waals surface area contributed by atoms with E-state index in [-0.39, 0.29) is 18.5 Å². The first-order valence-electron chi connectivity index (χ1n) is 10.5. The molecule has 0 aliphatic carbocycles. The van der Waals surface area contributed by atoms with Crippen molar-refractivity contribution >= 4 is 11.7 Å². The lowest BCUT2D eigenvalue weighted by Gasteiger charge is -2.36. The van der Waals surface area contributed by atoms with Gasteiger partial charge in [0.25, 0.3) is 0 Å². The third-order valence-electron chi connectivity index (χ3n) is 5.72. The summed E-state index contributed by atoms with van der Waals surface area (Å²) >= 11 is 0. The van der Waals surface area contributed by atoms with Crippen molar-refractivity contribution in [3.63, 3.8) is 0 Å². The second kappa shape index (κ2) is 9.90. The van der Waals surface area contributed by atoms with Gasteiger partial charge < -0.3 is 20.7 Å². The van der Waals surface area contributed by atoms with E-state index >= 15 is 0 Å². The van der Waals surface area contributed by atoms with Gasteiger partial charge in [-0.05, 0) is 41.5 Å². The summed E-state index contributed by atoms with van der Waals surface area (Å²) in [6.45, 7) is 0. The third-order valence-corrected chi connectivity index (χ3v) is 5.72. The fraction of sp³-hybridized carbons (Fsp3) is 0.250. The van der Waals surface area contributed by atoms with Crippen LogP contribution in [0.2, 0.25) is 0 Å². The van der Waals surface area contributed by atoms with E-state index in [9.17, 15) is 33.0 Å². The number of amides is 1. The lowest BCUT2D eigenvalue weighted by atomic mass is 9.90. The van der Waals surface area contributed by atoms with E-state index in [1.807, 2.05) is 0 Å². The summed E-state index contributed by atoms with van der Waals surface area (Å²) in [5.41, 5.74) is 4.44. The summed E-state index contributed by atoms with van der Waals surface area (Å²) < 4.78 is 48.3. The minimum Gasteiger partial charge on any atom is -0.390 e. The number of Topliss-reactive ketones (excluding diaryl/α,β-unsaturated/α-hetero) is 1. The molecule has 3 aromatic rings. The number of benzene rings is 1. The molecule has 0 bridgehead atoms. The molecule has 4 rings (SSSR count). The molecular weight excluding hydrogens is 467 g/mol. The monoisotopic (exact) mass is 487 g/mol. The largest absolute Gasteiger partial charge is 0.390 e. The molecule has 1 amide bonds. The maximum atomic E-state index is 14.4. The fourth-order valence-corrected chi connectivity index (χ4v) is 3.97. The Kier molecular flexibility index (Phi) is 6.92. The molecule has 0 saturated carbocycles. The summed E-state index contributed by atoms with van der Waals surface area (Å²) in [6, 6.07) is 6.53. The van der Waals surface area contributed by atoms with Crippen molar-refractivity contribution in [3.8, 4) is 11.3 Å². The smallest absolute Gasteiger partial charge is 0.249 e. The predicted molar refractivity (Wildman–Crippen MR) is 115 cm³/mol. The van der Waals surface area contributed by atoms with Crippen LogP contribution in [-0.4, -0.2) is 50.2 Å². The number of hydrogen-bond acceptors (Lipinski definition) is 7. The Morgan fingerprint density at radius 2 is 1.77 bits per heavy atom. The maximum Gasteiger partial charge on any atom is 0.249 e. The van der Waals surface area contributed by atoms with E-state index < -0.39 is 64.8 Å². The Labute approximate surface area is 197 Å². The van der Waals surface area contributed by atoms with Gasteiger partial charge in [-0.2, -0.15) is 0 Å². The highest BCUT2D eigenvalue weighted by atomic mass is 19.1. The van der Waals surface area contributed by atoms with E-state index in [0.29, 0.717) is 11.1 Å². The highest BCUT2D eigenvalue weighted by Gasteiger charge is 2.41. The van der Waals surface area contributed by atoms with Crippen LogP contribution in [0.5, 0.6) is 0 Å². The second-order valence-corrected chi connectivity index (χ2v) is 8.04. The number of carbonyl (C=O) groups excluding carboxylic acids is 2. The number of hydrogen-bond donors (Lipinski definition) is 3. The standard InChI is InChI=1S/C24H20F3N3O5/c25-13-2-1-3-14(26)20(13)21-15(27)4-5-16(30-21)17(31)8-11-10-29-7-6-12(11)19-9-18(32)22(33)23(35-19)24(28)34/h1-7,10,18-19,22-23,32-33H,8-9H2,(H2,28,34)/t18-,19-,22+,23+/m1/s1. The number of nitrogens with zero attached hydrogens (tertiary/aromatic N) is 2. The molecule has 0 unspecified atom stereocenters. The number of nitrogens with two attached hydrogens (primary N) is 1. The number of halogens is 3. The van der Waals surface area contributed by atoms with Crippen LogP contribution in [-0.2, 0) is 16.0 Å². The van der Waals surface area contributed by atoms with Crippen LogP contribution in [0.15, 0.2) is 48.8 Å². The number of aliphatic hydroxyl groups excluding tert-OH is 2. The fourth-order valence-electron chi connectivity index (χ4n) is 3.97. The molecule has 35 heavy (non-hydrogen) atoms. The zero-order valence-corrected chi connectivity index (χ0v) is 18.1. The first-order valence-corrected chi connectivity index (χ1v) is 10.5. The lowest BCUT2D eigenvalue weighted by molar-refractivity contribution is -0.180. The lowest BCUT2D eigenvalue weighted by Crippen LogP contribution is -2.51. The van der Waals surface area contributed by atoms with Crippen molar-refractivity contribution in [3.05, 3.63) is 83.1 Å². The first kappa shape index (κ1) is 24.5. The number of aromatic nitrogens is 2. The van der Waals surface area contributed by atoms with Gasteiger partial charge in [0.05, 0.1) is 17.8 Å². The molecule has 182 valence electrons. The number of aliphatic hydroxyl groups is 2. The Morgan fingerprint density at radius 1 is 1.06 bits per heavy atom. The van der Waals surface area contributed by atoms with Gasteiger partial charge in [-0.3, -0.25) is 14.6 Å². The molecule has 1 saturated heterocycles. The van der Waals surface area contributed by atoms with Gasteiger partial charge in [-0.15, -0.1) is 0 Å². The Bertz CT molecular complexity index is 1270. The molecule has 1 aliphatic heterocycles. The number of pyridine rings is 2. The number of ether oxygens (including phenoxy) is 1. The highest BCUT2D eigenvalue weighted by Crippen LogP contribution is 2.34. The van der Waals surface area contributed by atoms with E-state index in [4.69, 9.17) is 10.5 Å². The average molecular weight is 487 g/mol. The zero-order chi connectivity index (χ0) is 25.3. The van der Waals surface area contributed by atoms with Crippen molar-refractivity contribution in [1.82, 2.24) is 9.97 Å². The van der Waals surface area contributed by atoms with Crippen LogP contribution in [0.1, 0.15) is 34.1 Å². The summed E-state index contributed by atoms with van der Waals surface area (Å²) in [7, 11) is 0. The van der Waals surface area contributed by atoms with Gasteiger partial charge in [0.1, 0.15) is 34.9 Å². The molecule has 3 heterocycles.